The van der Waals surface area contributed by atoms with Crippen LogP contribution in [-0.4, -0.2) is 68.7 Å². The first kappa shape index (κ1) is 22.0. The Morgan fingerprint density at radius 3 is 2.47 bits per heavy atom. The lowest BCUT2D eigenvalue weighted by atomic mass is 10.1. The van der Waals surface area contributed by atoms with Gasteiger partial charge in [0, 0.05) is 32.6 Å². The van der Waals surface area contributed by atoms with Crippen molar-refractivity contribution in [2.75, 3.05) is 32.8 Å². The maximum Gasteiger partial charge on any atom is 0.222 e. The van der Waals surface area contributed by atoms with Crippen molar-refractivity contribution in [3.8, 4) is 11.4 Å². The molecule has 1 aliphatic rings. The second kappa shape index (κ2) is 10.9. The molecule has 1 aliphatic heterocycles. The molecule has 2 heterocycles. The Labute approximate surface area is 188 Å². The lowest BCUT2D eigenvalue weighted by molar-refractivity contribution is -0.133. The molecule has 0 unspecified atom stereocenters. The van der Waals surface area contributed by atoms with Gasteiger partial charge in [-0.2, -0.15) is 4.68 Å². The number of rotatable bonds is 9. The van der Waals surface area contributed by atoms with Crippen LogP contribution in [-0.2, 0) is 17.8 Å². The van der Waals surface area contributed by atoms with Gasteiger partial charge in [-0.15, -0.1) is 5.10 Å². The summed E-state index contributed by atoms with van der Waals surface area (Å²) in [6.07, 6.45) is 2.44. The van der Waals surface area contributed by atoms with Crippen molar-refractivity contribution in [3.05, 3.63) is 66.0 Å². The molecule has 0 aliphatic carbocycles. The Balaban J connectivity index is 1.25. The standard InChI is InChI=1S/C24H30N6O2/c1-2-32-22-13-11-21(12-14-22)30-23(25-26-27-30)19-28-15-17-29(18-16-28)24(31)10-6-9-20-7-4-3-5-8-20/h3-5,7-8,11-14H,2,6,9-10,15-19H2,1H3. The van der Waals surface area contributed by atoms with Crippen LogP contribution in [0.25, 0.3) is 5.69 Å². The molecule has 32 heavy (non-hydrogen) atoms. The Bertz CT molecular complexity index is 981. The monoisotopic (exact) mass is 434 g/mol. The SMILES string of the molecule is CCOc1ccc(-n2nnnc2CN2CCN(C(=O)CCCc3ccccc3)CC2)cc1. The van der Waals surface area contributed by atoms with E-state index >= 15 is 0 Å². The molecule has 2 aromatic carbocycles. The van der Waals surface area contributed by atoms with Crippen LogP contribution >= 0.6 is 0 Å². The van der Waals surface area contributed by atoms with Gasteiger partial charge in [0.25, 0.3) is 0 Å². The Morgan fingerprint density at radius 2 is 1.75 bits per heavy atom. The van der Waals surface area contributed by atoms with Gasteiger partial charge in [0.15, 0.2) is 5.82 Å². The highest BCUT2D eigenvalue weighted by Gasteiger charge is 2.22. The highest BCUT2D eigenvalue weighted by Crippen LogP contribution is 2.17. The Hall–Kier alpha value is -3.26. The second-order valence-electron chi connectivity index (χ2n) is 7.93. The van der Waals surface area contributed by atoms with E-state index in [0.717, 1.165) is 56.3 Å². The van der Waals surface area contributed by atoms with E-state index in [1.807, 2.05) is 54.3 Å². The second-order valence-corrected chi connectivity index (χ2v) is 7.93. The van der Waals surface area contributed by atoms with Crippen molar-refractivity contribution >= 4 is 5.91 Å². The number of carbonyl (C=O) groups is 1. The fourth-order valence-corrected chi connectivity index (χ4v) is 3.96. The van der Waals surface area contributed by atoms with E-state index in [0.29, 0.717) is 19.6 Å². The molecule has 1 aromatic heterocycles. The van der Waals surface area contributed by atoms with Crippen molar-refractivity contribution in [1.29, 1.82) is 0 Å². The summed E-state index contributed by atoms with van der Waals surface area (Å²) in [5, 5.41) is 12.2. The van der Waals surface area contributed by atoms with E-state index in [-0.39, 0.29) is 5.91 Å². The number of aryl methyl sites for hydroxylation is 1. The molecular formula is C24H30N6O2. The normalized spacial score (nSPS) is 14.5. The number of tetrazole rings is 1. The van der Waals surface area contributed by atoms with Gasteiger partial charge in [-0.05, 0) is 60.0 Å². The number of hydrogen-bond donors (Lipinski definition) is 0. The fourth-order valence-electron chi connectivity index (χ4n) is 3.96. The van der Waals surface area contributed by atoms with Crippen LogP contribution in [0.3, 0.4) is 0 Å². The van der Waals surface area contributed by atoms with Crippen LogP contribution < -0.4 is 4.74 Å². The van der Waals surface area contributed by atoms with Gasteiger partial charge in [-0.3, -0.25) is 9.69 Å². The van der Waals surface area contributed by atoms with E-state index in [1.165, 1.54) is 5.56 Å². The van der Waals surface area contributed by atoms with Crippen LogP contribution in [0, 0.1) is 0 Å². The van der Waals surface area contributed by atoms with Crippen LogP contribution in [0.1, 0.15) is 31.2 Å². The molecule has 1 fully saturated rings. The topological polar surface area (TPSA) is 76.4 Å². The minimum Gasteiger partial charge on any atom is -0.494 e. The van der Waals surface area contributed by atoms with Crippen molar-refractivity contribution < 1.29 is 9.53 Å². The quantitative estimate of drug-likeness (QED) is 0.515. The first-order valence-corrected chi connectivity index (χ1v) is 11.3. The summed E-state index contributed by atoms with van der Waals surface area (Å²) >= 11 is 0. The summed E-state index contributed by atoms with van der Waals surface area (Å²) < 4.78 is 7.27. The number of piperazine rings is 1. The molecule has 0 spiro atoms. The lowest BCUT2D eigenvalue weighted by Crippen LogP contribution is -2.48. The summed E-state index contributed by atoms with van der Waals surface area (Å²) in [4.78, 5) is 16.9. The highest BCUT2D eigenvalue weighted by molar-refractivity contribution is 5.76. The van der Waals surface area contributed by atoms with Crippen LogP contribution in [0.15, 0.2) is 54.6 Å². The third kappa shape index (κ3) is 5.70. The largest absolute Gasteiger partial charge is 0.494 e. The first-order valence-electron chi connectivity index (χ1n) is 11.3. The minimum absolute atomic E-state index is 0.250. The molecule has 8 heteroatoms. The highest BCUT2D eigenvalue weighted by atomic mass is 16.5. The Kier molecular flexibility index (Phi) is 7.45. The zero-order chi connectivity index (χ0) is 22.2. The van der Waals surface area contributed by atoms with Gasteiger partial charge < -0.3 is 9.64 Å². The molecule has 0 N–H and O–H groups in total. The van der Waals surface area contributed by atoms with Gasteiger partial charge >= 0.3 is 0 Å². The predicted octanol–water partition coefficient (Wildman–Crippen LogP) is 2.73. The molecule has 168 valence electrons. The smallest absolute Gasteiger partial charge is 0.222 e. The molecule has 1 amide bonds. The van der Waals surface area contributed by atoms with E-state index in [1.54, 1.807) is 4.68 Å². The average Bonchev–Trinajstić information content (AvgIpc) is 3.29. The zero-order valence-corrected chi connectivity index (χ0v) is 18.6. The summed E-state index contributed by atoms with van der Waals surface area (Å²) in [6, 6.07) is 18.1. The summed E-state index contributed by atoms with van der Waals surface area (Å²) in [6.45, 7) is 6.38. The minimum atomic E-state index is 0.250. The fraction of sp³-hybridized carbons (Fsp3) is 0.417. The Morgan fingerprint density at radius 1 is 1.00 bits per heavy atom. The number of nitrogens with zero attached hydrogens (tertiary/aromatic N) is 6. The van der Waals surface area contributed by atoms with E-state index in [4.69, 9.17) is 4.74 Å². The number of carbonyl (C=O) groups excluding carboxylic acids is 1. The molecule has 0 atom stereocenters. The van der Waals surface area contributed by atoms with E-state index < -0.39 is 0 Å². The zero-order valence-electron chi connectivity index (χ0n) is 18.6. The van der Waals surface area contributed by atoms with Crippen molar-refractivity contribution in [2.45, 2.75) is 32.7 Å². The third-order valence-corrected chi connectivity index (χ3v) is 5.72. The van der Waals surface area contributed by atoms with Crippen molar-refractivity contribution in [3.63, 3.8) is 0 Å². The maximum atomic E-state index is 12.6. The van der Waals surface area contributed by atoms with Crippen LogP contribution in [0.4, 0.5) is 0 Å². The average molecular weight is 435 g/mol. The number of ether oxygens (including phenoxy) is 1. The molecule has 4 rings (SSSR count). The molecule has 1 saturated heterocycles. The van der Waals surface area contributed by atoms with E-state index in [2.05, 4.69) is 32.6 Å². The van der Waals surface area contributed by atoms with Crippen LogP contribution in [0.5, 0.6) is 5.75 Å². The van der Waals surface area contributed by atoms with Gasteiger partial charge in [0.2, 0.25) is 5.91 Å². The summed E-state index contributed by atoms with van der Waals surface area (Å²) in [5.74, 6) is 1.87. The van der Waals surface area contributed by atoms with Gasteiger partial charge in [-0.25, -0.2) is 0 Å². The predicted molar refractivity (Wildman–Crippen MR) is 122 cm³/mol. The summed E-state index contributed by atoms with van der Waals surface area (Å²) in [7, 11) is 0. The van der Waals surface area contributed by atoms with Crippen molar-refractivity contribution in [2.24, 2.45) is 0 Å². The number of amides is 1. The van der Waals surface area contributed by atoms with Crippen molar-refractivity contribution in [1.82, 2.24) is 30.0 Å². The molecule has 0 bridgehead atoms. The molecule has 8 nitrogen and oxygen atoms in total. The van der Waals surface area contributed by atoms with E-state index in [9.17, 15) is 4.79 Å². The summed E-state index contributed by atoms with van der Waals surface area (Å²) in [5.41, 5.74) is 2.19. The first-order chi connectivity index (χ1) is 15.7. The maximum absolute atomic E-state index is 12.6. The molecular weight excluding hydrogens is 404 g/mol. The number of aromatic nitrogens is 4. The lowest BCUT2D eigenvalue weighted by Gasteiger charge is -2.34. The number of benzene rings is 2. The van der Waals surface area contributed by atoms with Crippen LogP contribution in [0.2, 0.25) is 0 Å². The van der Waals surface area contributed by atoms with Gasteiger partial charge in [0.1, 0.15) is 5.75 Å². The molecule has 3 aromatic rings. The third-order valence-electron chi connectivity index (χ3n) is 5.72. The number of hydrogen-bond acceptors (Lipinski definition) is 6. The van der Waals surface area contributed by atoms with Gasteiger partial charge in [-0.1, -0.05) is 30.3 Å². The molecule has 0 saturated carbocycles. The van der Waals surface area contributed by atoms with Gasteiger partial charge in [0.05, 0.1) is 18.8 Å². The molecule has 0 radical (unpaired) electrons.